The van der Waals surface area contributed by atoms with Crippen LogP contribution in [-0.2, 0) is 0 Å². The van der Waals surface area contributed by atoms with Crippen molar-refractivity contribution < 1.29 is 0 Å². The predicted octanol–water partition coefficient (Wildman–Crippen LogP) is 1.67. The van der Waals surface area contributed by atoms with Gasteiger partial charge in [0, 0.05) is 24.9 Å². The van der Waals surface area contributed by atoms with Crippen LogP contribution in [0.25, 0.3) is 0 Å². The second kappa shape index (κ2) is 6.70. The monoisotopic (exact) mass is 216 g/mol. The SMILES string of the molecule is CC(C)CNCCN(C)C1CCSC1. The largest absolute Gasteiger partial charge is 0.315 e. The number of rotatable bonds is 6. The van der Waals surface area contributed by atoms with E-state index >= 15 is 0 Å². The lowest BCUT2D eigenvalue weighted by atomic mass is 10.2. The maximum atomic E-state index is 3.49. The predicted molar refractivity (Wildman–Crippen MR) is 66.1 cm³/mol. The van der Waals surface area contributed by atoms with E-state index in [9.17, 15) is 0 Å². The molecular formula is C11H24N2S. The molecule has 1 heterocycles. The summed E-state index contributed by atoms with van der Waals surface area (Å²) in [4.78, 5) is 2.51. The van der Waals surface area contributed by atoms with Crippen molar-refractivity contribution in [3.63, 3.8) is 0 Å². The van der Waals surface area contributed by atoms with Gasteiger partial charge in [0.1, 0.15) is 0 Å². The van der Waals surface area contributed by atoms with Gasteiger partial charge in [-0.05, 0) is 31.7 Å². The number of likely N-dealkylation sites (N-methyl/N-ethyl adjacent to an activating group) is 1. The third-order valence-corrected chi connectivity index (χ3v) is 3.87. The Balaban J connectivity index is 1.99. The van der Waals surface area contributed by atoms with Crippen LogP contribution in [-0.4, -0.2) is 49.1 Å². The minimum Gasteiger partial charge on any atom is -0.315 e. The fourth-order valence-corrected chi connectivity index (χ4v) is 3.00. The highest BCUT2D eigenvalue weighted by Gasteiger charge is 2.19. The highest BCUT2D eigenvalue weighted by atomic mass is 32.2. The van der Waals surface area contributed by atoms with Gasteiger partial charge in [-0.2, -0.15) is 11.8 Å². The highest BCUT2D eigenvalue weighted by molar-refractivity contribution is 7.99. The summed E-state index contributed by atoms with van der Waals surface area (Å²) in [5, 5.41) is 3.49. The maximum absolute atomic E-state index is 3.49. The zero-order valence-corrected chi connectivity index (χ0v) is 10.6. The van der Waals surface area contributed by atoms with Gasteiger partial charge < -0.3 is 10.2 Å². The van der Waals surface area contributed by atoms with Crippen LogP contribution in [0.2, 0.25) is 0 Å². The van der Waals surface area contributed by atoms with E-state index in [1.54, 1.807) is 0 Å². The normalized spacial score (nSPS) is 22.5. The number of thioether (sulfide) groups is 1. The third-order valence-electron chi connectivity index (χ3n) is 2.72. The molecule has 0 saturated carbocycles. The summed E-state index contributed by atoms with van der Waals surface area (Å²) < 4.78 is 0. The second-order valence-corrected chi connectivity index (χ2v) is 5.75. The molecule has 84 valence electrons. The second-order valence-electron chi connectivity index (χ2n) is 4.60. The van der Waals surface area contributed by atoms with Crippen molar-refractivity contribution in [1.82, 2.24) is 10.2 Å². The first-order valence-corrected chi connectivity index (χ1v) is 6.84. The van der Waals surface area contributed by atoms with Crippen molar-refractivity contribution in [3.05, 3.63) is 0 Å². The molecule has 0 amide bonds. The van der Waals surface area contributed by atoms with E-state index in [1.165, 1.54) is 24.5 Å². The average Bonchev–Trinajstić information content (AvgIpc) is 2.64. The molecule has 0 aromatic carbocycles. The molecule has 1 N–H and O–H groups in total. The Labute approximate surface area is 92.8 Å². The van der Waals surface area contributed by atoms with Gasteiger partial charge >= 0.3 is 0 Å². The molecule has 1 aliphatic rings. The van der Waals surface area contributed by atoms with Gasteiger partial charge in [-0.25, -0.2) is 0 Å². The van der Waals surface area contributed by atoms with Crippen LogP contribution in [0.5, 0.6) is 0 Å². The minimum atomic E-state index is 0.766. The zero-order chi connectivity index (χ0) is 10.4. The van der Waals surface area contributed by atoms with Gasteiger partial charge in [0.05, 0.1) is 0 Å². The first-order chi connectivity index (χ1) is 6.70. The van der Waals surface area contributed by atoms with Gasteiger partial charge in [0.2, 0.25) is 0 Å². The molecule has 0 bridgehead atoms. The van der Waals surface area contributed by atoms with E-state index in [0.29, 0.717) is 0 Å². The molecule has 2 nitrogen and oxygen atoms in total. The molecule has 0 aromatic heterocycles. The molecule has 3 heteroatoms. The summed E-state index contributed by atoms with van der Waals surface area (Å²) in [6.07, 6.45) is 1.38. The number of hydrogen-bond donors (Lipinski definition) is 1. The molecule has 1 atom stereocenters. The first kappa shape index (κ1) is 12.3. The zero-order valence-electron chi connectivity index (χ0n) is 9.75. The highest BCUT2D eigenvalue weighted by Crippen LogP contribution is 2.20. The van der Waals surface area contributed by atoms with Crippen LogP contribution in [0.1, 0.15) is 20.3 Å². The number of nitrogens with zero attached hydrogens (tertiary/aromatic N) is 1. The Morgan fingerprint density at radius 1 is 1.50 bits per heavy atom. The lowest BCUT2D eigenvalue weighted by Gasteiger charge is -2.23. The Bertz CT molecular complexity index is 144. The molecule has 0 radical (unpaired) electrons. The van der Waals surface area contributed by atoms with Crippen LogP contribution in [0.15, 0.2) is 0 Å². The Hall–Kier alpha value is 0.270. The standard InChI is InChI=1S/C11H24N2S/c1-10(2)8-12-5-6-13(3)11-4-7-14-9-11/h10-12H,4-9H2,1-3H3. The smallest absolute Gasteiger partial charge is 0.0191 e. The lowest BCUT2D eigenvalue weighted by Crippen LogP contribution is -2.37. The van der Waals surface area contributed by atoms with Gasteiger partial charge in [0.25, 0.3) is 0 Å². The van der Waals surface area contributed by atoms with E-state index < -0.39 is 0 Å². The molecule has 1 unspecified atom stereocenters. The maximum Gasteiger partial charge on any atom is 0.0191 e. The van der Waals surface area contributed by atoms with Gasteiger partial charge in [-0.3, -0.25) is 0 Å². The van der Waals surface area contributed by atoms with E-state index in [4.69, 9.17) is 0 Å². The van der Waals surface area contributed by atoms with Crippen LogP contribution in [0, 0.1) is 5.92 Å². The first-order valence-electron chi connectivity index (χ1n) is 5.69. The Morgan fingerprint density at radius 2 is 2.29 bits per heavy atom. The fraction of sp³-hybridized carbons (Fsp3) is 1.00. The molecule has 0 aliphatic carbocycles. The van der Waals surface area contributed by atoms with Crippen molar-refractivity contribution in [2.45, 2.75) is 26.3 Å². The average molecular weight is 216 g/mol. The molecule has 14 heavy (non-hydrogen) atoms. The molecule has 0 spiro atoms. The van der Waals surface area contributed by atoms with E-state index in [-0.39, 0.29) is 0 Å². The summed E-state index contributed by atoms with van der Waals surface area (Å²) >= 11 is 2.09. The molecule has 1 rings (SSSR count). The quantitative estimate of drug-likeness (QED) is 0.680. The van der Waals surface area contributed by atoms with Crippen molar-refractivity contribution >= 4 is 11.8 Å². The van der Waals surface area contributed by atoms with E-state index in [1.807, 2.05) is 0 Å². The van der Waals surface area contributed by atoms with Crippen LogP contribution in [0.3, 0.4) is 0 Å². The summed E-state index contributed by atoms with van der Waals surface area (Å²) in [6.45, 7) is 7.98. The molecule has 0 aromatic rings. The van der Waals surface area contributed by atoms with Crippen molar-refractivity contribution in [2.24, 2.45) is 5.92 Å². The van der Waals surface area contributed by atoms with Crippen molar-refractivity contribution in [3.8, 4) is 0 Å². The van der Waals surface area contributed by atoms with Gasteiger partial charge in [-0.15, -0.1) is 0 Å². The topological polar surface area (TPSA) is 15.3 Å². The van der Waals surface area contributed by atoms with Crippen molar-refractivity contribution in [1.29, 1.82) is 0 Å². The lowest BCUT2D eigenvalue weighted by molar-refractivity contribution is 0.261. The summed E-state index contributed by atoms with van der Waals surface area (Å²) in [6, 6.07) is 0.834. The minimum absolute atomic E-state index is 0.766. The van der Waals surface area contributed by atoms with E-state index in [0.717, 1.165) is 25.0 Å². The Morgan fingerprint density at radius 3 is 2.86 bits per heavy atom. The van der Waals surface area contributed by atoms with Crippen molar-refractivity contribution in [2.75, 3.05) is 38.2 Å². The van der Waals surface area contributed by atoms with Crippen LogP contribution >= 0.6 is 11.8 Å². The summed E-state index contributed by atoms with van der Waals surface area (Å²) in [5.74, 6) is 3.46. The van der Waals surface area contributed by atoms with E-state index in [2.05, 4.69) is 42.9 Å². The molecule has 1 saturated heterocycles. The Kier molecular flexibility index (Phi) is 5.90. The number of hydrogen-bond acceptors (Lipinski definition) is 3. The third kappa shape index (κ3) is 4.67. The molecule has 1 fully saturated rings. The number of nitrogens with one attached hydrogen (secondary N) is 1. The van der Waals surface area contributed by atoms with Crippen LogP contribution in [0.4, 0.5) is 0 Å². The molecular weight excluding hydrogens is 192 g/mol. The summed E-state index contributed by atoms with van der Waals surface area (Å²) in [7, 11) is 2.26. The summed E-state index contributed by atoms with van der Waals surface area (Å²) in [5.41, 5.74) is 0. The van der Waals surface area contributed by atoms with Crippen LogP contribution < -0.4 is 5.32 Å². The fourth-order valence-electron chi connectivity index (χ4n) is 1.70. The van der Waals surface area contributed by atoms with Gasteiger partial charge in [0.15, 0.2) is 0 Å². The van der Waals surface area contributed by atoms with Gasteiger partial charge in [-0.1, -0.05) is 13.8 Å². The molecule has 1 aliphatic heterocycles.